The van der Waals surface area contributed by atoms with Crippen LogP contribution in [0.5, 0.6) is 0 Å². The van der Waals surface area contributed by atoms with E-state index in [1.54, 1.807) is 24.3 Å². The zero-order valence-corrected chi connectivity index (χ0v) is 28.8. The lowest BCUT2D eigenvalue weighted by atomic mass is 9.73. The molecule has 0 atom stereocenters. The molecular weight excluding hydrogens is 652 g/mol. The zero-order chi connectivity index (χ0) is 34.8. The summed E-state index contributed by atoms with van der Waals surface area (Å²) in [4.78, 5) is 45.2. The summed E-state index contributed by atoms with van der Waals surface area (Å²) in [7, 11) is 0. The Morgan fingerprint density at radius 1 is 0.846 bits per heavy atom. The number of aromatic nitrogens is 3. The molecule has 1 aliphatic carbocycles. The Hall–Kier alpha value is -5.74. The molecule has 2 saturated heterocycles. The molecule has 0 saturated carbocycles. The molecule has 52 heavy (non-hydrogen) atoms. The summed E-state index contributed by atoms with van der Waals surface area (Å²) in [5.74, 6) is 2.59. The van der Waals surface area contributed by atoms with Gasteiger partial charge in [0.1, 0.15) is 11.6 Å². The van der Waals surface area contributed by atoms with Crippen LogP contribution in [-0.2, 0) is 24.0 Å². The van der Waals surface area contributed by atoms with Gasteiger partial charge in [0.25, 0.3) is 11.8 Å². The van der Waals surface area contributed by atoms with E-state index in [0.717, 1.165) is 104 Å². The number of ether oxygens (including phenoxy) is 1. The highest BCUT2D eigenvalue weighted by molar-refractivity contribution is 6.10. The maximum Gasteiger partial charge on any atom is 0.259 e. The minimum absolute atomic E-state index is 0.113. The van der Waals surface area contributed by atoms with E-state index < -0.39 is 0 Å². The lowest BCUT2D eigenvalue weighted by Crippen LogP contribution is -2.59. The number of benzene rings is 3. The first-order valence-corrected chi connectivity index (χ1v) is 18.3. The van der Waals surface area contributed by atoms with Crippen LogP contribution < -0.4 is 15.1 Å². The van der Waals surface area contributed by atoms with E-state index in [2.05, 4.69) is 15.2 Å². The maximum absolute atomic E-state index is 14.1. The maximum atomic E-state index is 14.1. The average molecular weight is 691 g/mol. The van der Waals surface area contributed by atoms with E-state index in [9.17, 15) is 9.59 Å². The molecule has 2 amide bonds. The van der Waals surface area contributed by atoms with Crippen LogP contribution >= 0.6 is 0 Å². The van der Waals surface area contributed by atoms with Gasteiger partial charge in [-0.3, -0.25) is 9.59 Å². The van der Waals surface area contributed by atoms with Crippen molar-refractivity contribution in [1.29, 1.82) is 0 Å². The van der Waals surface area contributed by atoms with Crippen molar-refractivity contribution in [3.63, 3.8) is 0 Å². The van der Waals surface area contributed by atoms with E-state index in [4.69, 9.17) is 19.1 Å². The normalized spacial score (nSPS) is 17.3. The average Bonchev–Trinajstić information content (AvgIpc) is 3.91. The predicted octanol–water partition coefficient (Wildman–Crippen LogP) is 7.45. The first-order valence-electron chi connectivity index (χ1n) is 18.3. The van der Waals surface area contributed by atoms with Crippen molar-refractivity contribution in [2.24, 2.45) is 5.41 Å². The number of fused-ring (bicyclic) bond motifs is 5. The zero-order valence-electron chi connectivity index (χ0n) is 28.8. The molecule has 1 spiro atoms. The summed E-state index contributed by atoms with van der Waals surface area (Å²) >= 11 is 0. The molecule has 0 radical (unpaired) electrons. The Balaban J connectivity index is 0.878. The summed E-state index contributed by atoms with van der Waals surface area (Å²) in [5.41, 5.74) is 8.84. The smallest absolute Gasteiger partial charge is 0.259 e. The fourth-order valence-corrected chi connectivity index (χ4v) is 8.45. The van der Waals surface area contributed by atoms with Gasteiger partial charge in [-0.25, -0.2) is 9.97 Å². The SMILES string of the molecule is O=C(Nc1ccc(C(=O)N2CCc3cc(-c4nc5ccccc5[nH]4)oc3-c3ccccc32)cc1)c1cc2c(nc1N1CC3(CCOCC3)C1)CCC2. The third-order valence-corrected chi connectivity index (χ3v) is 11.3. The number of aryl methyl sites for hydroxylation is 2. The minimum atomic E-state index is -0.179. The van der Waals surface area contributed by atoms with Crippen molar-refractivity contribution in [3.8, 4) is 22.9 Å². The van der Waals surface area contributed by atoms with Gasteiger partial charge in [0.15, 0.2) is 11.6 Å². The third kappa shape index (κ3) is 5.28. The molecule has 0 bridgehead atoms. The Kier molecular flexibility index (Phi) is 7.28. The summed E-state index contributed by atoms with van der Waals surface area (Å²) in [6.45, 7) is 3.90. The van der Waals surface area contributed by atoms with E-state index >= 15 is 0 Å². The fraction of sp³-hybridized carbons (Fsp3) is 0.286. The van der Waals surface area contributed by atoms with Crippen LogP contribution in [0, 0.1) is 5.41 Å². The van der Waals surface area contributed by atoms with Crippen LogP contribution in [0.1, 0.15) is 56.8 Å². The van der Waals surface area contributed by atoms with Crippen LogP contribution in [0.3, 0.4) is 0 Å². The first-order chi connectivity index (χ1) is 25.5. The fourth-order valence-electron chi connectivity index (χ4n) is 8.45. The molecule has 4 aliphatic rings. The summed E-state index contributed by atoms with van der Waals surface area (Å²) in [6, 6.07) is 27.0. The number of furan rings is 1. The molecule has 6 aromatic rings. The number of pyridine rings is 1. The van der Waals surface area contributed by atoms with Gasteiger partial charge in [0.2, 0.25) is 0 Å². The monoisotopic (exact) mass is 690 g/mol. The van der Waals surface area contributed by atoms with Gasteiger partial charge in [0.05, 0.1) is 22.3 Å². The van der Waals surface area contributed by atoms with Crippen LogP contribution in [-0.4, -0.2) is 59.6 Å². The van der Waals surface area contributed by atoms with E-state index in [0.29, 0.717) is 41.4 Å². The number of H-pyrrole nitrogens is 1. The molecule has 10 rings (SSSR count). The van der Waals surface area contributed by atoms with Crippen LogP contribution in [0.15, 0.2) is 89.3 Å². The number of imidazole rings is 1. The number of nitrogens with zero attached hydrogens (tertiary/aromatic N) is 4. The number of hydrogen-bond donors (Lipinski definition) is 2. The molecule has 6 heterocycles. The van der Waals surface area contributed by atoms with Gasteiger partial charge in [-0.05, 0) is 105 Å². The van der Waals surface area contributed by atoms with Gasteiger partial charge < -0.3 is 29.3 Å². The van der Waals surface area contributed by atoms with Gasteiger partial charge >= 0.3 is 0 Å². The summed E-state index contributed by atoms with van der Waals surface area (Å²) in [5, 5.41) is 3.10. The quantitative estimate of drug-likeness (QED) is 0.193. The number of hydrogen-bond acceptors (Lipinski definition) is 7. The molecule has 0 unspecified atom stereocenters. The number of nitrogens with one attached hydrogen (secondary N) is 2. The number of para-hydroxylation sites is 3. The number of aromatic amines is 1. The van der Waals surface area contributed by atoms with Crippen molar-refractivity contribution >= 4 is 40.0 Å². The standard InChI is InChI=1S/C42H38N6O4/c49-40(31-22-27-6-5-10-32(27)46-39(31)47-24-42(25-47)17-20-51-21-18-42)43-29-14-12-26(13-15-29)41(50)48-19-16-28-23-36(38-44-33-8-2-3-9-34(33)45-38)52-37(28)30-7-1-4-11-35(30)48/h1-4,7-9,11-15,22-23H,5-6,10,16-21,24-25H2,(H,43,49)(H,44,45). The van der Waals surface area contributed by atoms with Crippen molar-refractivity contribution in [1.82, 2.24) is 15.0 Å². The molecule has 2 N–H and O–H groups in total. The first kappa shape index (κ1) is 31.0. The second kappa shape index (κ2) is 12.2. The number of anilines is 3. The number of carbonyl (C=O) groups excluding carboxylic acids is 2. The van der Waals surface area contributed by atoms with Crippen LogP contribution in [0.4, 0.5) is 17.2 Å². The highest BCUT2D eigenvalue weighted by atomic mass is 16.5. The van der Waals surface area contributed by atoms with Gasteiger partial charge in [0, 0.05) is 66.3 Å². The molecule has 10 heteroatoms. The van der Waals surface area contributed by atoms with Crippen molar-refractivity contribution < 1.29 is 18.7 Å². The largest absolute Gasteiger partial charge is 0.452 e. The molecule has 260 valence electrons. The van der Waals surface area contributed by atoms with Crippen LogP contribution in [0.25, 0.3) is 33.9 Å². The van der Waals surface area contributed by atoms with E-state index in [1.165, 1.54) is 5.56 Å². The van der Waals surface area contributed by atoms with Crippen molar-refractivity contribution in [3.05, 3.63) is 113 Å². The third-order valence-electron chi connectivity index (χ3n) is 11.3. The molecule has 10 nitrogen and oxygen atoms in total. The highest BCUT2D eigenvalue weighted by Crippen LogP contribution is 2.44. The highest BCUT2D eigenvalue weighted by Gasteiger charge is 2.45. The molecule has 3 aliphatic heterocycles. The van der Waals surface area contributed by atoms with Crippen LogP contribution in [0.2, 0.25) is 0 Å². The summed E-state index contributed by atoms with van der Waals surface area (Å²) < 4.78 is 12.1. The number of rotatable bonds is 5. The number of amides is 2. The predicted molar refractivity (Wildman–Crippen MR) is 200 cm³/mol. The Bertz CT molecular complexity index is 2330. The minimum Gasteiger partial charge on any atom is -0.452 e. The van der Waals surface area contributed by atoms with Crippen molar-refractivity contribution in [2.75, 3.05) is 48.0 Å². The lowest BCUT2D eigenvalue weighted by molar-refractivity contribution is -0.000520. The number of carbonyl (C=O) groups is 2. The topological polar surface area (TPSA) is 117 Å². The second-order valence-corrected chi connectivity index (χ2v) is 14.6. The molecular formula is C42H38N6O4. The van der Waals surface area contributed by atoms with E-state index in [1.807, 2.05) is 65.6 Å². The van der Waals surface area contributed by atoms with E-state index in [-0.39, 0.29) is 17.2 Å². The molecule has 3 aromatic heterocycles. The Morgan fingerprint density at radius 3 is 2.50 bits per heavy atom. The Morgan fingerprint density at radius 2 is 1.65 bits per heavy atom. The molecule has 3 aromatic carbocycles. The van der Waals surface area contributed by atoms with Gasteiger partial charge in [-0.1, -0.05) is 24.3 Å². The Labute approximate surface area is 300 Å². The second-order valence-electron chi connectivity index (χ2n) is 14.6. The molecule has 2 fully saturated rings. The lowest BCUT2D eigenvalue weighted by Gasteiger charge is -2.53. The summed E-state index contributed by atoms with van der Waals surface area (Å²) in [6.07, 6.45) is 5.70. The van der Waals surface area contributed by atoms with Gasteiger partial charge in [-0.15, -0.1) is 0 Å². The van der Waals surface area contributed by atoms with Gasteiger partial charge in [-0.2, -0.15) is 0 Å². The van der Waals surface area contributed by atoms with Crippen molar-refractivity contribution in [2.45, 2.75) is 38.5 Å².